The van der Waals surface area contributed by atoms with Crippen molar-refractivity contribution in [3.05, 3.63) is 53.6 Å². The smallest absolute Gasteiger partial charge is 0.243 e. The molecule has 2 aromatic carbocycles. The highest BCUT2D eigenvalue weighted by atomic mass is 35.5. The van der Waals surface area contributed by atoms with Gasteiger partial charge in [-0.15, -0.1) is 0 Å². The maximum absolute atomic E-state index is 12.0. The highest BCUT2D eigenvalue weighted by molar-refractivity contribution is 6.30. The first-order valence-corrected chi connectivity index (χ1v) is 8.70. The van der Waals surface area contributed by atoms with E-state index in [0.717, 1.165) is 30.9 Å². The second-order valence-electron chi connectivity index (χ2n) is 5.89. The Hall–Kier alpha value is -2.24. The Morgan fingerprint density at radius 1 is 1.20 bits per heavy atom. The largest absolute Gasteiger partial charge is 0.491 e. The van der Waals surface area contributed by atoms with Crippen molar-refractivity contribution in [3.63, 3.8) is 0 Å². The Kier molecular flexibility index (Phi) is 6.14. The van der Waals surface area contributed by atoms with E-state index >= 15 is 0 Å². The van der Waals surface area contributed by atoms with Gasteiger partial charge in [0.15, 0.2) is 0 Å². The maximum Gasteiger partial charge on any atom is 0.243 e. The summed E-state index contributed by atoms with van der Waals surface area (Å²) in [6.07, 6.45) is 2.32. The van der Waals surface area contributed by atoms with E-state index in [1.807, 2.05) is 24.3 Å². The molecule has 1 atom stereocenters. The first-order valence-electron chi connectivity index (χ1n) is 8.33. The number of ether oxygens (including phenoxy) is 2. The minimum atomic E-state index is -0.145. The van der Waals surface area contributed by atoms with E-state index in [1.165, 1.54) is 0 Å². The molecule has 0 aliphatic carbocycles. The molecule has 1 unspecified atom stereocenters. The first-order chi connectivity index (χ1) is 12.2. The van der Waals surface area contributed by atoms with E-state index in [-0.39, 0.29) is 18.6 Å². The van der Waals surface area contributed by atoms with Gasteiger partial charge in [0, 0.05) is 29.1 Å². The fourth-order valence-electron chi connectivity index (χ4n) is 2.61. The Balaban J connectivity index is 1.47. The van der Waals surface area contributed by atoms with E-state index < -0.39 is 0 Å². The van der Waals surface area contributed by atoms with Gasteiger partial charge in [-0.05, 0) is 43.2 Å². The lowest BCUT2D eigenvalue weighted by molar-refractivity contribution is -0.114. The van der Waals surface area contributed by atoms with Crippen LogP contribution in [0, 0.1) is 0 Å². The van der Waals surface area contributed by atoms with Crippen LogP contribution in [0.15, 0.2) is 48.5 Å². The molecule has 25 heavy (non-hydrogen) atoms. The minimum absolute atomic E-state index is 0.145. The number of benzene rings is 2. The number of anilines is 2. The molecule has 3 rings (SSSR count). The fraction of sp³-hybridized carbons (Fsp3) is 0.316. The molecule has 0 spiro atoms. The van der Waals surface area contributed by atoms with E-state index in [9.17, 15) is 4.79 Å². The van der Waals surface area contributed by atoms with Crippen LogP contribution in [0.1, 0.15) is 12.8 Å². The summed E-state index contributed by atoms with van der Waals surface area (Å²) in [6.45, 7) is 1.53. The van der Waals surface area contributed by atoms with Crippen molar-refractivity contribution in [3.8, 4) is 5.75 Å². The number of rotatable bonds is 7. The Labute approximate surface area is 152 Å². The van der Waals surface area contributed by atoms with Gasteiger partial charge in [0.05, 0.1) is 12.6 Å². The molecule has 1 amide bonds. The number of hydrogen-bond donors (Lipinski definition) is 2. The van der Waals surface area contributed by atoms with Gasteiger partial charge in [-0.2, -0.15) is 0 Å². The average molecular weight is 361 g/mol. The van der Waals surface area contributed by atoms with Gasteiger partial charge in [-0.3, -0.25) is 4.79 Å². The third-order valence-electron chi connectivity index (χ3n) is 3.86. The van der Waals surface area contributed by atoms with Crippen LogP contribution in [0.3, 0.4) is 0 Å². The zero-order valence-electron chi connectivity index (χ0n) is 13.8. The molecule has 2 N–H and O–H groups in total. The number of amides is 1. The van der Waals surface area contributed by atoms with Gasteiger partial charge in [0.25, 0.3) is 0 Å². The summed E-state index contributed by atoms with van der Waals surface area (Å²) >= 11 is 5.91. The molecule has 1 fully saturated rings. The van der Waals surface area contributed by atoms with Gasteiger partial charge in [0.2, 0.25) is 5.91 Å². The number of nitrogens with one attached hydrogen (secondary N) is 2. The normalized spacial score (nSPS) is 16.4. The van der Waals surface area contributed by atoms with Crippen LogP contribution in [0.5, 0.6) is 5.75 Å². The molecule has 1 aliphatic rings. The highest BCUT2D eigenvalue weighted by Crippen LogP contribution is 2.20. The predicted molar refractivity (Wildman–Crippen MR) is 99.5 cm³/mol. The standard InChI is InChI=1S/C19H21ClN2O3/c20-14-4-1-6-16(10-14)22-19(23)12-21-15-5-2-7-17(11-15)25-13-18-8-3-9-24-18/h1-2,4-7,10-11,18,21H,3,8-9,12-13H2,(H,22,23). The maximum atomic E-state index is 12.0. The molecule has 132 valence electrons. The molecule has 2 aromatic rings. The monoisotopic (exact) mass is 360 g/mol. The van der Waals surface area contributed by atoms with Gasteiger partial charge in [-0.25, -0.2) is 0 Å². The summed E-state index contributed by atoms with van der Waals surface area (Å²) in [7, 11) is 0. The molecule has 6 heteroatoms. The third kappa shape index (κ3) is 5.66. The molecular formula is C19H21ClN2O3. The predicted octanol–water partition coefficient (Wildman–Crippen LogP) is 3.95. The number of carbonyl (C=O) groups is 1. The molecule has 0 aromatic heterocycles. The molecule has 1 saturated heterocycles. The minimum Gasteiger partial charge on any atom is -0.491 e. The van der Waals surface area contributed by atoms with Crippen molar-refractivity contribution in [2.24, 2.45) is 0 Å². The van der Waals surface area contributed by atoms with Gasteiger partial charge in [0.1, 0.15) is 12.4 Å². The Morgan fingerprint density at radius 2 is 2.04 bits per heavy atom. The molecule has 1 heterocycles. The highest BCUT2D eigenvalue weighted by Gasteiger charge is 2.16. The fourth-order valence-corrected chi connectivity index (χ4v) is 2.80. The third-order valence-corrected chi connectivity index (χ3v) is 4.09. The lowest BCUT2D eigenvalue weighted by atomic mass is 10.2. The van der Waals surface area contributed by atoms with E-state index in [4.69, 9.17) is 21.1 Å². The summed E-state index contributed by atoms with van der Waals surface area (Å²) in [4.78, 5) is 12.0. The quantitative estimate of drug-likeness (QED) is 0.785. The summed E-state index contributed by atoms with van der Waals surface area (Å²) in [6, 6.07) is 14.6. The van der Waals surface area contributed by atoms with Crippen LogP contribution < -0.4 is 15.4 Å². The van der Waals surface area contributed by atoms with Crippen LogP contribution in [0.4, 0.5) is 11.4 Å². The van der Waals surface area contributed by atoms with Crippen molar-refractivity contribution in [2.75, 3.05) is 30.4 Å². The van der Waals surface area contributed by atoms with Crippen molar-refractivity contribution < 1.29 is 14.3 Å². The zero-order valence-corrected chi connectivity index (χ0v) is 14.6. The zero-order chi connectivity index (χ0) is 17.5. The van der Waals surface area contributed by atoms with Crippen LogP contribution >= 0.6 is 11.6 Å². The lowest BCUT2D eigenvalue weighted by Gasteiger charge is -2.13. The van der Waals surface area contributed by atoms with Crippen molar-refractivity contribution in [1.82, 2.24) is 0 Å². The molecule has 0 radical (unpaired) electrons. The average Bonchev–Trinajstić information content (AvgIpc) is 3.12. The van der Waals surface area contributed by atoms with Crippen molar-refractivity contribution in [1.29, 1.82) is 0 Å². The summed E-state index contributed by atoms with van der Waals surface area (Å²) in [5.74, 6) is 0.615. The Morgan fingerprint density at radius 3 is 2.84 bits per heavy atom. The van der Waals surface area contributed by atoms with E-state index in [1.54, 1.807) is 24.3 Å². The van der Waals surface area contributed by atoms with Crippen LogP contribution in [-0.4, -0.2) is 31.8 Å². The lowest BCUT2D eigenvalue weighted by Crippen LogP contribution is -2.21. The second kappa shape index (κ2) is 8.74. The summed E-state index contributed by atoms with van der Waals surface area (Å²) < 4.78 is 11.3. The molecule has 1 aliphatic heterocycles. The van der Waals surface area contributed by atoms with E-state index in [0.29, 0.717) is 17.3 Å². The molecule has 5 nitrogen and oxygen atoms in total. The van der Waals surface area contributed by atoms with Gasteiger partial charge < -0.3 is 20.1 Å². The van der Waals surface area contributed by atoms with Crippen LogP contribution in [0.25, 0.3) is 0 Å². The first kappa shape index (κ1) is 17.6. The number of halogens is 1. The number of hydrogen-bond acceptors (Lipinski definition) is 4. The van der Waals surface area contributed by atoms with Crippen molar-refractivity contribution in [2.45, 2.75) is 18.9 Å². The van der Waals surface area contributed by atoms with Gasteiger partial charge >= 0.3 is 0 Å². The van der Waals surface area contributed by atoms with Crippen LogP contribution in [0.2, 0.25) is 5.02 Å². The number of carbonyl (C=O) groups excluding carboxylic acids is 1. The topological polar surface area (TPSA) is 59.6 Å². The van der Waals surface area contributed by atoms with Gasteiger partial charge in [-0.1, -0.05) is 23.7 Å². The molecular weight excluding hydrogens is 340 g/mol. The van der Waals surface area contributed by atoms with Crippen molar-refractivity contribution >= 4 is 28.9 Å². The summed E-state index contributed by atoms with van der Waals surface area (Å²) in [5.41, 5.74) is 1.50. The second-order valence-corrected chi connectivity index (χ2v) is 6.32. The molecule has 0 saturated carbocycles. The summed E-state index contributed by atoms with van der Waals surface area (Å²) in [5, 5.41) is 6.47. The van der Waals surface area contributed by atoms with Crippen LogP contribution in [-0.2, 0) is 9.53 Å². The Bertz CT molecular complexity index is 717. The molecule has 0 bridgehead atoms. The SMILES string of the molecule is O=C(CNc1cccc(OCC2CCCO2)c1)Nc1cccc(Cl)c1. The van der Waals surface area contributed by atoms with E-state index in [2.05, 4.69) is 10.6 Å².